The molecule has 0 saturated heterocycles. The summed E-state index contributed by atoms with van der Waals surface area (Å²) in [6.07, 6.45) is 1.37. The van der Waals surface area contributed by atoms with E-state index in [0.717, 1.165) is 23.3 Å². The lowest BCUT2D eigenvalue weighted by molar-refractivity contribution is -0.138. The van der Waals surface area contributed by atoms with Crippen LogP contribution in [-0.4, -0.2) is 17.7 Å². The predicted octanol–water partition coefficient (Wildman–Crippen LogP) is 3.03. The van der Waals surface area contributed by atoms with Crippen molar-refractivity contribution in [1.29, 1.82) is 0 Å². The summed E-state index contributed by atoms with van der Waals surface area (Å²) in [5.41, 5.74) is 2.99. The summed E-state index contributed by atoms with van der Waals surface area (Å²) in [5.74, 6) is -0.451. The summed E-state index contributed by atoms with van der Waals surface area (Å²) < 4.78 is 5.65. The smallest absolute Gasteiger partial charge is 0.311 e. The van der Waals surface area contributed by atoms with E-state index < -0.39 is 11.9 Å². The molecule has 0 saturated carbocycles. The number of ether oxygens (including phenoxy) is 1. The Hall–Kier alpha value is -2.29. The van der Waals surface area contributed by atoms with Gasteiger partial charge in [-0.15, -0.1) is 0 Å². The molecule has 20 heavy (non-hydrogen) atoms. The number of carboxylic acid groups (broad SMARTS) is 1. The zero-order valence-corrected chi connectivity index (χ0v) is 11.1. The molecular weight excluding hydrogens is 252 g/mol. The van der Waals surface area contributed by atoms with E-state index in [1.54, 1.807) is 0 Å². The molecular formula is C17H16O3. The van der Waals surface area contributed by atoms with Crippen molar-refractivity contribution in [1.82, 2.24) is 0 Å². The fourth-order valence-corrected chi connectivity index (χ4v) is 2.70. The summed E-state index contributed by atoms with van der Waals surface area (Å²) in [6, 6.07) is 15.4. The molecule has 2 aromatic rings. The van der Waals surface area contributed by atoms with Crippen LogP contribution >= 0.6 is 0 Å². The van der Waals surface area contributed by atoms with E-state index in [0.29, 0.717) is 13.0 Å². The van der Waals surface area contributed by atoms with Gasteiger partial charge in [-0.05, 0) is 23.1 Å². The van der Waals surface area contributed by atoms with Gasteiger partial charge in [0, 0.05) is 6.42 Å². The summed E-state index contributed by atoms with van der Waals surface area (Å²) in [7, 11) is 0. The van der Waals surface area contributed by atoms with Crippen LogP contribution in [-0.2, 0) is 17.6 Å². The molecule has 1 aliphatic rings. The molecule has 1 aliphatic heterocycles. The van der Waals surface area contributed by atoms with E-state index >= 15 is 0 Å². The van der Waals surface area contributed by atoms with E-state index in [2.05, 4.69) is 0 Å². The van der Waals surface area contributed by atoms with Gasteiger partial charge in [0.15, 0.2) is 0 Å². The summed E-state index contributed by atoms with van der Waals surface area (Å²) in [4.78, 5) is 11.6. The third-order valence-electron chi connectivity index (χ3n) is 3.72. The maximum Gasteiger partial charge on any atom is 0.311 e. The highest BCUT2D eigenvalue weighted by atomic mass is 16.5. The molecule has 3 nitrogen and oxygen atoms in total. The summed E-state index contributed by atoms with van der Waals surface area (Å²) >= 11 is 0. The first-order valence-electron chi connectivity index (χ1n) is 6.77. The molecule has 0 radical (unpaired) electrons. The Kier molecular flexibility index (Phi) is 3.42. The molecule has 0 fully saturated rings. The maximum atomic E-state index is 11.6. The number of fused-ring (bicyclic) bond motifs is 1. The second-order valence-electron chi connectivity index (χ2n) is 5.01. The van der Waals surface area contributed by atoms with Gasteiger partial charge in [-0.1, -0.05) is 48.5 Å². The number of benzene rings is 2. The molecule has 1 N–H and O–H groups in total. The zero-order valence-electron chi connectivity index (χ0n) is 11.1. The van der Waals surface area contributed by atoms with E-state index in [4.69, 9.17) is 4.74 Å². The third-order valence-corrected chi connectivity index (χ3v) is 3.72. The Morgan fingerprint density at radius 3 is 2.70 bits per heavy atom. The van der Waals surface area contributed by atoms with Gasteiger partial charge in [0.1, 0.15) is 5.75 Å². The number of carbonyl (C=O) groups is 1. The Bertz CT molecular complexity index is 619. The molecule has 0 spiro atoms. The fraction of sp³-hybridized carbons (Fsp3) is 0.235. The quantitative estimate of drug-likeness (QED) is 0.927. The van der Waals surface area contributed by atoms with Crippen molar-refractivity contribution in [3.05, 3.63) is 65.2 Å². The molecule has 0 aromatic heterocycles. The molecule has 1 unspecified atom stereocenters. The lowest BCUT2D eigenvalue weighted by Crippen LogP contribution is -2.14. The maximum absolute atomic E-state index is 11.6. The number of rotatable bonds is 4. The van der Waals surface area contributed by atoms with E-state index in [1.807, 2.05) is 48.5 Å². The van der Waals surface area contributed by atoms with Crippen LogP contribution in [0.1, 0.15) is 22.6 Å². The molecule has 102 valence electrons. The van der Waals surface area contributed by atoms with Crippen LogP contribution in [0.3, 0.4) is 0 Å². The first kappa shape index (κ1) is 12.7. The molecule has 0 amide bonds. The van der Waals surface area contributed by atoms with Crippen molar-refractivity contribution in [2.75, 3.05) is 6.61 Å². The van der Waals surface area contributed by atoms with Gasteiger partial charge in [0.25, 0.3) is 0 Å². The largest absolute Gasteiger partial charge is 0.493 e. The van der Waals surface area contributed by atoms with Crippen LogP contribution in [0.25, 0.3) is 0 Å². The van der Waals surface area contributed by atoms with Crippen LogP contribution in [0.5, 0.6) is 5.75 Å². The standard InChI is InChI=1S/C17H16O3/c18-17(19)15(12-5-2-1-3-6-12)11-14-8-4-7-13-9-10-20-16(13)14/h1-8,15H,9-11H2,(H,18,19). The van der Waals surface area contributed by atoms with Crippen LogP contribution in [0.4, 0.5) is 0 Å². The minimum Gasteiger partial charge on any atom is -0.493 e. The molecule has 2 aromatic carbocycles. The Balaban J connectivity index is 1.92. The monoisotopic (exact) mass is 268 g/mol. The number of carboxylic acids is 1. The highest BCUT2D eigenvalue weighted by Crippen LogP contribution is 2.33. The molecule has 1 atom stereocenters. The van der Waals surface area contributed by atoms with E-state index in [-0.39, 0.29) is 0 Å². The predicted molar refractivity (Wildman–Crippen MR) is 76.2 cm³/mol. The number of hydrogen-bond donors (Lipinski definition) is 1. The van der Waals surface area contributed by atoms with Gasteiger partial charge in [-0.3, -0.25) is 4.79 Å². The SMILES string of the molecule is O=C(O)C(Cc1cccc2c1OCC2)c1ccccc1. The Labute approximate surface area is 117 Å². The topological polar surface area (TPSA) is 46.5 Å². The Morgan fingerprint density at radius 2 is 1.95 bits per heavy atom. The first-order chi connectivity index (χ1) is 9.75. The van der Waals surface area contributed by atoms with E-state index in [1.165, 1.54) is 5.56 Å². The molecule has 1 heterocycles. The van der Waals surface area contributed by atoms with Crippen LogP contribution < -0.4 is 4.74 Å². The van der Waals surface area contributed by atoms with Crippen molar-refractivity contribution >= 4 is 5.97 Å². The first-order valence-corrected chi connectivity index (χ1v) is 6.77. The number of para-hydroxylation sites is 1. The number of hydrogen-bond acceptors (Lipinski definition) is 2. The van der Waals surface area contributed by atoms with Gasteiger partial charge in [-0.2, -0.15) is 0 Å². The second-order valence-corrected chi connectivity index (χ2v) is 5.01. The van der Waals surface area contributed by atoms with Crippen molar-refractivity contribution in [2.45, 2.75) is 18.8 Å². The van der Waals surface area contributed by atoms with Crippen LogP contribution in [0, 0.1) is 0 Å². The minimum absolute atomic E-state index is 0.461. The molecule has 3 rings (SSSR count). The minimum atomic E-state index is -0.799. The van der Waals surface area contributed by atoms with Crippen molar-refractivity contribution in [3.8, 4) is 5.75 Å². The van der Waals surface area contributed by atoms with Crippen molar-refractivity contribution in [3.63, 3.8) is 0 Å². The highest BCUT2D eigenvalue weighted by molar-refractivity contribution is 5.76. The van der Waals surface area contributed by atoms with Gasteiger partial charge in [0.2, 0.25) is 0 Å². The van der Waals surface area contributed by atoms with Gasteiger partial charge < -0.3 is 9.84 Å². The van der Waals surface area contributed by atoms with Crippen molar-refractivity contribution in [2.24, 2.45) is 0 Å². The lowest BCUT2D eigenvalue weighted by atomic mass is 9.91. The number of aliphatic carboxylic acids is 1. The fourth-order valence-electron chi connectivity index (χ4n) is 2.70. The van der Waals surface area contributed by atoms with Gasteiger partial charge in [-0.25, -0.2) is 0 Å². The molecule has 3 heteroatoms. The van der Waals surface area contributed by atoms with Gasteiger partial charge >= 0.3 is 5.97 Å². The average Bonchev–Trinajstić information content (AvgIpc) is 2.94. The normalized spacial score (nSPS) is 14.4. The van der Waals surface area contributed by atoms with Crippen LogP contribution in [0.2, 0.25) is 0 Å². The van der Waals surface area contributed by atoms with Crippen LogP contribution in [0.15, 0.2) is 48.5 Å². The summed E-state index contributed by atoms with van der Waals surface area (Å²) in [6.45, 7) is 0.690. The lowest BCUT2D eigenvalue weighted by Gasteiger charge is -2.15. The summed E-state index contributed by atoms with van der Waals surface area (Å²) in [5, 5.41) is 9.50. The average molecular weight is 268 g/mol. The van der Waals surface area contributed by atoms with E-state index in [9.17, 15) is 9.90 Å². The Morgan fingerprint density at radius 1 is 1.15 bits per heavy atom. The third kappa shape index (κ3) is 2.39. The van der Waals surface area contributed by atoms with Gasteiger partial charge in [0.05, 0.1) is 12.5 Å². The highest BCUT2D eigenvalue weighted by Gasteiger charge is 2.24. The molecule has 0 bridgehead atoms. The molecule has 0 aliphatic carbocycles. The van der Waals surface area contributed by atoms with Crippen molar-refractivity contribution < 1.29 is 14.6 Å². The zero-order chi connectivity index (χ0) is 13.9. The second kappa shape index (κ2) is 5.37.